The van der Waals surface area contributed by atoms with E-state index in [0.717, 1.165) is 49.2 Å². The molecule has 0 aliphatic carbocycles. The van der Waals surface area contributed by atoms with E-state index in [2.05, 4.69) is 39.7 Å². The largest absolute Gasteiger partial charge is 0.459 e. The van der Waals surface area contributed by atoms with Crippen LogP contribution in [0.15, 0.2) is 52.1 Å². The summed E-state index contributed by atoms with van der Waals surface area (Å²) in [7, 11) is 0. The number of hydrogen-bond donors (Lipinski definition) is 3. The Balaban J connectivity index is 0.00000363. The zero-order valence-corrected chi connectivity index (χ0v) is 21.4. The highest BCUT2D eigenvalue weighted by atomic mass is 127. The lowest BCUT2D eigenvalue weighted by Gasteiger charge is -2.30. The van der Waals surface area contributed by atoms with Crippen LogP contribution in [0.3, 0.4) is 0 Å². The Morgan fingerprint density at radius 3 is 2.56 bits per heavy atom. The van der Waals surface area contributed by atoms with E-state index in [1.807, 2.05) is 24.3 Å². The highest BCUT2D eigenvalue weighted by molar-refractivity contribution is 14.0. The molecule has 0 atom stereocenters. The molecular weight excluding hydrogens is 517 g/mol. The van der Waals surface area contributed by atoms with Crippen LogP contribution in [0.25, 0.3) is 0 Å². The molecule has 1 aliphatic rings. The number of nitrogens with one attached hydrogen (secondary N) is 3. The maximum atomic E-state index is 12.0. The van der Waals surface area contributed by atoms with Gasteiger partial charge in [0.05, 0.1) is 12.8 Å². The molecule has 2 aromatic rings. The molecular formula is C24H36IN5O2. The van der Waals surface area contributed by atoms with E-state index in [1.165, 1.54) is 32.2 Å². The Morgan fingerprint density at radius 1 is 1.16 bits per heavy atom. The highest BCUT2D eigenvalue weighted by Crippen LogP contribution is 2.16. The van der Waals surface area contributed by atoms with Gasteiger partial charge in [-0.25, -0.2) is 4.99 Å². The Kier molecular flexibility index (Phi) is 11.6. The summed E-state index contributed by atoms with van der Waals surface area (Å²) in [6.45, 7) is 10.3. The number of nitrogens with zero attached hydrogens (tertiary/aromatic N) is 2. The third-order valence-corrected chi connectivity index (χ3v) is 5.54. The van der Waals surface area contributed by atoms with Gasteiger partial charge in [-0.1, -0.05) is 19.1 Å². The average molecular weight is 553 g/mol. The molecule has 0 saturated carbocycles. The van der Waals surface area contributed by atoms with E-state index in [4.69, 9.17) is 4.42 Å². The molecule has 8 heteroatoms. The lowest BCUT2D eigenvalue weighted by atomic mass is 9.99. The topological polar surface area (TPSA) is 81.9 Å². The first-order valence-electron chi connectivity index (χ1n) is 11.3. The standard InChI is InChI=1S/C24H35N5O2.HI/c1-3-25-24(26-13-5-14-29-15-11-19(2)12-16-29)27-18-20-7-9-21(10-8-20)28-23(30)22-6-4-17-31-22;/h4,6-10,17,19H,3,5,11-16,18H2,1-2H3,(H,28,30)(H2,25,26,27);1H. The second kappa shape index (κ2) is 14.2. The minimum Gasteiger partial charge on any atom is -0.459 e. The molecule has 2 heterocycles. The lowest BCUT2D eigenvalue weighted by Crippen LogP contribution is -2.39. The van der Waals surface area contributed by atoms with Crippen molar-refractivity contribution in [1.29, 1.82) is 0 Å². The van der Waals surface area contributed by atoms with Gasteiger partial charge in [-0.05, 0) is 81.6 Å². The number of likely N-dealkylation sites (tertiary alicyclic amines) is 1. The summed E-state index contributed by atoms with van der Waals surface area (Å²) in [6, 6.07) is 11.0. The van der Waals surface area contributed by atoms with Gasteiger partial charge in [0.15, 0.2) is 11.7 Å². The summed E-state index contributed by atoms with van der Waals surface area (Å²) < 4.78 is 5.11. The van der Waals surface area contributed by atoms with Gasteiger partial charge in [0.25, 0.3) is 5.91 Å². The van der Waals surface area contributed by atoms with E-state index in [1.54, 1.807) is 12.1 Å². The molecule has 1 fully saturated rings. The van der Waals surface area contributed by atoms with Crippen LogP contribution >= 0.6 is 24.0 Å². The normalized spacial score (nSPS) is 15.1. The van der Waals surface area contributed by atoms with Crippen molar-refractivity contribution in [2.45, 2.75) is 39.7 Å². The predicted octanol–water partition coefficient (Wildman–Crippen LogP) is 4.33. The van der Waals surface area contributed by atoms with Crippen molar-refractivity contribution >= 4 is 41.5 Å². The highest BCUT2D eigenvalue weighted by Gasteiger charge is 2.14. The van der Waals surface area contributed by atoms with Crippen molar-refractivity contribution in [3.05, 3.63) is 54.0 Å². The van der Waals surface area contributed by atoms with Crippen molar-refractivity contribution in [2.75, 3.05) is 38.0 Å². The van der Waals surface area contributed by atoms with Gasteiger partial charge in [0.2, 0.25) is 0 Å². The first-order chi connectivity index (χ1) is 15.1. The predicted molar refractivity (Wildman–Crippen MR) is 141 cm³/mol. The molecule has 1 aromatic carbocycles. The third-order valence-electron chi connectivity index (χ3n) is 5.54. The summed E-state index contributed by atoms with van der Waals surface area (Å²) in [5.74, 6) is 1.76. The fraction of sp³-hybridized carbons (Fsp3) is 0.500. The van der Waals surface area contributed by atoms with Crippen LogP contribution in [0, 0.1) is 5.92 Å². The maximum Gasteiger partial charge on any atom is 0.291 e. The fourth-order valence-electron chi connectivity index (χ4n) is 3.60. The van der Waals surface area contributed by atoms with E-state index in [-0.39, 0.29) is 29.9 Å². The number of furan rings is 1. The average Bonchev–Trinajstić information content (AvgIpc) is 3.32. The van der Waals surface area contributed by atoms with E-state index >= 15 is 0 Å². The zero-order valence-electron chi connectivity index (χ0n) is 19.1. The number of hydrogen-bond acceptors (Lipinski definition) is 4. The first-order valence-corrected chi connectivity index (χ1v) is 11.3. The van der Waals surface area contributed by atoms with Crippen LogP contribution in [0.2, 0.25) is 0 Å². The lowest BCUT2D eigenvalue weighted by molar-refractivity contribution is 0.0996. The van der Waals surface area contributed by atoms with Crippen LogP contribution in [0.4, 0.5) is 5.69 Å². The molecule has 1 saturated heterocycles. The number of amides is 1. The van der Waals surface area contributed by atoms with Gasteiger partial charge in [0.1, 0.15) is 0 Å². The molecule has 0 unspecified atom stereocenters. The number of aliphatic imine (C=N–C) groups is 1. The summed E-state index contributed by atoms with van der Waals surface area (Å²) in [5, 5.41) is 9.57. The summed E-state index contributed by atoms with van der Waals surface area (Å²) in [5.41, 5.74) is 1.81. The smallest absolute Gasteiger partial charge is 0.291 e. The Hall–Kier alpha value is -2.07. The number of carbonyl (C=O) groups is 1. The summed E-state index contributed by atoms with van der Waals surface area (Å²) in [4.78, 5) is 19.3. The number of rotatable bonds is 9. The number of piperidine rings is 1. The van der Waals surface area contributed by atoms with Gasteiger partial charge in [0, 0.05) is 18.8 Å². The molecule has 0 bridgehead atoms. The second-order valence-corrected chi connectivity index (χ2v) is 8.13. The van der Waals surface area contributed by atoms with Crippen molar-refractivity contribution in [3.63, 3.8) is 0 Å². The number of carbonyl (C=O) groups excluding carboxylic acids is 1. The molecule has 176 valence electrons. The van der Waals surface area contributed by atoms with Gasteiger partial charge in [-0.2, -0.15) is 0 Å². The molecule has 1 aliphatic heterocycles. The van der Waals surface area contributed by atoms with Crippen molar-refractivity contribution in [2.24, 2.45) is 10.9 Å². The van der Waals surface area contributed by atoms with Crippen molar-refractivity contribution < 1.29 is 9.21 Å². The van der Waals surface area contributed by atoms with Gasteiger partial charge in [-0.15, -0.1) is 24.0 Å². The number of guanidine groups is 1. The van der Waals surface area contributed by atoms with Gasteiger partial charge >= 0.3 is 0 Å². The molecule has 0 spiro atoms. The van der Waals surface area contributed by atoms with E-state index < -0.39 is 0 Å². The number of anilines is 1. The molecule has 7 nitrogen and oxygen atoms in total. The fourth-order valence-corrected chi connectivity index (χ4v) is 3.60. The van der Waals surface area contributed by atoms with Crippen molar-refractivity contribution in [1.82, 2.24) is 15.5 Å². The number of halogens is 1. The minimum absolute atomic E-state index is 0. The van der Waals surface area contributed by atoms with E-state index in [9.17, 15) is 4.79 Å². The van der Waals surface area contributed by atoms with Gasteiger partial charge < -0.3 is 25.3 Å². The van der Waals surface area contributed by atoms with Crippen LogP contribution in [0.5, 0.6) is 0 Å². The monoisotopic (exact) mass is 553 g/mol. The SMILES string of the molecule is CCNC(=NCc1ccc(NC(=O)c2ccco2)cc1)NCCCN1CCC(C)CC1.I. The Labute approximate surface area is 208 Å². The van der Waals surface area contributed by atoms with Crippen LogP contribution in [-0.4, -0.2) is 49.5 Å². The quantitative estimate of drug-likeness (QED) is 0.187. The molecule has 3 rings (SSSR count). The van der Waals surface area contributed by atoms with Crippen LogP contribution in [-0.2, 0) is 6.54 Å². The molecule has 32 heavy (non-hydrogen) atoms. The second-order valence-electron chi connectivity index (χ2n) is 8.13. The Morgan fingerprint density at radius 2 is 1.91 bits per heavy atom. The molecule has 1 amide bonds. The van der Waals surface area contributed by atoms with Crippen LogP contribution < -0.4 is 16.0 Å². The maximum absolute atomic E-state index is 12.0. The van der Waals surface area contributed by atoms with Gasteiger partial charge in [-0.3, -0.25) is 4.79 Å². The van der Waals surface area contributed by atoms with Crippen molar-refractivity contribution in [3.8, 4) is 0 Å². The Bertz CT molecular complexity index is 815. The summed E-state index contributed by atoms with van der Waals surface area (Å²) in [6.07, 6.45) is 5.24. The number of benzene rings is 1. The molecule has 3 N–H and O–H groups in total. The molecule has 1 aromatic heterocycles. The minimum atomic E-state index is -0.256. The summed E-state index contributed by atoms with van der Waals surface area (Å²) >= 11 is 0. The third kappa shape index (κ3) is 8.82. The zero-order chi connectivity index (χ0) is 21.9. The van der Waals surface area contributed by atoms with E-state index in [0.29, 0.717) is 12.3 Å². The first kappa shape index (κ1) is 26.2. The molecule has 0 radical (unpaired) electrons. The van der Waals surface area contributed by atoms with Crippen LogP contribution in [0.1, 0.15) is 49.2 Å².